The lowest BCUT2D eigenvalue weighted by atomic mass is 10.2. The van der Waals surface area contributed by atoms with Crippen LogP contribution in [-0.2, 0) is 15.8 Å². The summed E-state index contributed by atoms with van der Waals surface area (Å²) in [5, 5.41) is 2.42. The molecule has 0 aliphatic carbocycles. The lowest BCUT2D eigenvalue weighted by molar-refractivity contribution is -0.137. The molecule has 1 aliphatic heterocycles. The van der Waals surface area contributed by atoms with Gasteiger partial charge in [0.25, 0.3) is 5.91 Å². The van der Waals surface area contributed by atoms with Crippen LogP contribution in [0.2, 0.25) is 0 Å². The monoisotopic (exact) mass is 436 g/mol. The predicted molar refractivity (Wildman–Crippen MR) is 111 cm³/mol. The third-order valence-electron chi connectivity index (χ3n) is 4.01. The van der Waals surface area contributed by atoms with E-state index in [-0.39, 0.29) is 24.6 Å². The van der Waals surface area contributed by atoms with Crippen LogP contribution in [0.4, 0.5) is 18.9 Å². The van der Waals surface area contributed by atoms with Gasteiger partial charge in [0.1, 0.15) is 4.32 Å². The number of rotatable bonds is 5. The molecule has 0 aromatic heterocycles. The summed E-state index contributed by atoms with van der Waals surface area (Å²) in [5.41, 5.74) is 0.0489. The average molecular weight is 436 g/mol. The molecule has 3 rings (SSSR count). The molecule has 0 radical (unpaired) electrons. The van der Waals surface area contributed by atoms with Crippen molar-refractivity contribution in [1.82, 2.24) is 4.90 Å². The van der Waals surface area contributed by atoms with Gasteiger partial charge in [0, 0.05) is 18.7 Å². The highest BCUT2D eigenvalue weighted by Gasteiger charge is 2.32. The van der Waals surface area contributed by atoms with E-state index in [1.165, 1.54) is 17.0 Å². The van der Waals surface area contributed by atoms with Crippen LogP contribution in [0.5, 0.6) is 0 Å². The highest BCUT2D eigenvalue weighted by molar-refractivity contribution is 8.26. The number of benzene rings is 2. The van der Waals surface area contributed by atoms with Crippen LogP contribution in [-0.4, -0.2) is 27.6 Å². The molecule has 1 N–H and O–H groups in total. The Morgan fingerprint density at radius 3 is 2.55 bits per heavy atom. The van der Waals surface area contributed by atoms with Gasteiger partial charge in [-0.25, -0.2) is 0 Å². The van der Waals surface area contributed by atoms with Gasteiger partial charge in [-0.3, -0.25) is 14.5 Å². The molecule has 0 spiro atoms. The number of nitrogens with one attached hydrogen (secondary N) is 1. The van der Waals surface area contributed by atoms with E-state index in [0.717, 1.165) is 29.5 Å². The van der Waals surface area contributed by atoms with Crippen molar-refractivity contribution >= 4 is 51.9 Å². The van der Waals surface area contributed by atoms with Gasteiger partial charge in [-0.15, -0.1) is 0 Å². The van der Waals surface area contributed by atoms with E-state index in [1.807, 2.05) is 30.3 Å². The molecule has 1 heterocycles. The highest BCUT2D eigenvalue weighted by Crippen LogP contribution is 2.33. The molecular formula is C20H15F3N2O2S2. The Kier molecular flexibility index (Phi) is 6.39. The van der Waals surface area contributed by atoms with Crippen molar-refractivity contribution in [2.24, 2.45) is 0 Å². The van der Waals surface area contributed by atoms with E-state index in [2.05, 4.69) is 5.32 Å². The number of amides is 2. The van der Waals surface area contributed by atoms with E-state index < -0.39 is 17.6 Å². The summed E-state index contributed by atoms with van der Waals surface area (Å²) < 4.78 is 38.6. The van der Waals surface area contributed by atoms with Crippen molar-refractivity contribution in [3.8, 4) is 0 Å². The van der Waals surface area contributed by atoms with E-state index >= 15 is 0 Å². The molecule has 2 amide bonds. The van der Waals surface area contributed by atoms with E-state index in [0.29, 0.717) is 9.23 Å². The first kappa shape index (κ1) is 21.1. The fourth-order valence-electron chi connectivity index (χ4n) is 2.60. The molecule has 1 aliphatic rings. The van der Waals surface area contributed by atoms with Crippen LogP contribution in [0.15, 0.2) is 59.5 Å². The Morgan fingerprint density at radius 2 is 1.86 bits per heavy atom. The number of carbonyl (C=O) groups is 2. The van der Waals surface area contributed by atoms with Crippen molar-refractivity contribution in [3.63, 3.8) is 0 Å². The van der Waals surface area contributed by atoms with Crippen LogP contribution in [0, 0.1) is 0 Å². The Labute approximate surface area is 174 Å². The van der Waals surface area contributed by atoms with Crippen LogP contribution in [0.1, 0.15) is 17.5 Å². The summed E-state index contributed by atoms with van der Waals surface area (Å²) in [6.07, 6.45) is -2.86. The van der Waals surface area contributed by atoms with E-state index in [4.69, 9.17) is 12.2 Å². The number of anilines is 1. The predicted octanol–water partition coefficient (Wildman–Crippen LogP) is 4.94. The molecule has 9 heteroatoms. The lowest BCUT2D eigenvalue weighted by Crippen LogP contribution is -2.31. The van der Waals surface area contributed by atoms with Crippen molar-refractivity contribution < 1.29 is 22.8 Å². The average Bonchev–Trinajstić information content (AvgIpc) is 2.93. The van der Waals surface area contributed by atoms with Gasteiger partial charge in [0.15, 0.2) is 0 Å². The van der Waals surface area contributed by atoms with Crippen LogP contribution < -0.4 is 5.32 Å². The zero-order valence-electron chi connectivity index (χ0n) is 14.9. The molecule has 29 heavy (non-hydrogen) atoms. The van der Waals surface area contributed by atoms with Crippen LogP contribution in [0.3, 0.4) is 0 Å². The smallest absolute Gasteiger partial charge is 0.326 e. The zero-order chi connectivity index (χ0) is 21.0. The third-order valence-corrected chi connectivity index (χ3v) is 5.38. The summed E-state index contributed by atoms with van der Waals surface area (Å²) in [6, 6.07) is 13.7. The highest BCUT2D eigenvalue weighted by atomic mass is 32.2. The Morgan fingerprint density at radius 1 is 1.14 bits per heavy atom. The van der Waals surface area contributed by atoms with Gasteiger partial charge in [-0.1, -0.05) is 60.4 Å². The number of alkyl halides is 3. The molecule has 0 bridgehead atoms. The molecule has 1 fully saturated rings. The normalized spacial score (nSPS) is 15.8. The maximum atomic E-state index is 12.8. The molecule has 0 saturated carbocycles. The number of hydrogen-bond donors (Lipinski definition) is 1. The van der Waals surface area contributed by atoms with Crippen molar-refractivity contribution in [2.45, 2.75) is 12.6 Å². The summed E-state index contributed by atoms with van der Waals surface area (Å²) in [6.45, 7) is 0.0432. The minimum atomic E-state index is -4.49. The van der Waals surface area contributed by atoms with Gasteiger partial charge >= 0.3 is 6.18 Å². The van der Waals surface area contributed by atoms with Crippen molar-refractivity contribution in [1.29, 1.82) is 0 Å². The second kappa shape index (κ2) is 8.79. The summed E-state index contributed by atoms with van der Waals surface area (Å²) >= 11 is 6.37. The van der Waals surface area contributed by atoms with Gasteiger partial charge in [0.05, 0.1) is 10.5 Å². The third kappa shape index (κ3) is 5.45. The molecule has 2 aromatic rings. The number of halogens is 3. The molecule has 150 valence electrons. The zero-order valence-corrected chi connectivity index (χ0v) is 16.5. The van der Waals surface area contributed by atoms with Gasteiger partial charge in [-0.2, -0.15) is 13.2 Å². The molecule has 0 atom stereocenters. The van der Waals surface area contributed by atoms with Gasteiger partial charge < -0.3 is 5.32 Å². The standard InChI is InChI=1S/C20H15F3N2O2S2/c21-20(22,23)14-7-4-8-15(12-14)24-17(26)9-10-25-18(27)16(29-19(25)28)11-13-5-2-1-3-6-13/h1-8,11-12H,9-10H2,(H,24,26)/b16-11-. The summed E-state index contributed by atoms with van der Waals surface area (Å²) in [5.74, 6) is -0.805. The van der Waals surface area contributed by atoms with E-state index in [1.54, 1.807) is 6.08 Å². The maximum Gasteiger partial charge on any atom is 0.416 e. The van der Waals surface area contributed by atoms with Gasteiger partial charge in [-0.05, 0) is 29.8 Å². The van der Waals surface area contributed by atoms with Crippen LogP contribution >= 0.6 is 24.0 Å². The minimum Gasteiger partial charge on any atom is -0.326 e. The lowest BCUT2D eigenvalue weighted by Gasteiger charge is -2.14. The minimum absolute atomic E-state index is 0.0409. The van der Waals surface area contributed by atoms with Crippen LogP contribution in [0.25, 0.3) is 6.08 Å². The Hall–Kier alpha value is -2.65. The number of thioether (sulfide) groups is 1. The molecular weight excluding hydrogens is 421 g/mol. The first-order valence-corrected chi connectivity index (χ1v) is 9.74. The quantitative estimate of drug-likeness (QED) is 0.533. The first-order chi connectivity index (χ1) is 13.7. The topological polar surface area (TPSA) is 49.4 Å². The van der Waals surface area contributed by atoms with Crippen molar-refractivity contribution in [2.75, 3.05) is 11.9 Å². The van der Waals surface area contributed by atoms with Gasteiger partial charge in [0.2, 0.25) is 5.91 Å². The maximum absolute atomic E-state index is 12.8. The Balaban J connectivity index is 1.60. The molecule has 4 nitrogen and oxygen atoms in total. The molecule has 2 aromatic carbocycles. The second-order valence-electron chi connectivity index (χ2n) is 6.12. The van der Waals surface area contributed by atoms with E-state index in [9.17, 15) is 22.8 Å². The number of carbonyl (C=O) groups excluding carboxylic acids is 2. The SMILES string of the molecule is O=C(CCN1C(=O)/C(=C/c2ccccc2)SC1=S)Nc1cccc(C(F)(F)F)c1. The fourth-order valence-corrected chi connectivity index (χ4v) is 3.91. The number of hydrogen-bond acceptors (Lipinski definition) is 4. The second-order valence-corrected chi connectivity index (χ2v) is 7.80. The summed E-state index contributed by atoms with van der Waals surface area (Å²) in [4.78, 5) is 26.4. The van der Waals surface area contributed by atoms with Crippen molar-refractivity contribution in [3.05, 3.63) is 70.6 Å². The molecule has 1 saturated heterocycles. The first-order valence-electron chi connectivity index (χ1n) is 8.51. The number of thiocarbonyl (C=S) groups is 1. The summed E-state index contributed by atoms with van der Waals surface area (Å²) in [7, 11) is 0. The Bertz CT molecular complexity index is 975. The largest absolute Gasteiger partial charge is 0.416 e. The number of nitrogens with zero attached hydrogens (tertiary/aromatic N) is 1. The molecule has 0 unspecified atom stereocenters. The fraction of sp³-hybridized carbons (Fsp3) is 0.150.